The van der Waals surface area contributed by atoms with Crippen molar-refractivity contribution in [2.24, 2.45) is 5.92 Å². The number of nitrogens with one attached hydrogen (secondary N) is 1. The van der Waals surface area contributed by atoms with Gasteiger partial charge >= 0.3 is 12.0 Å². The molecule has 2 N–H and O–H groups in total. The number of aliphatic carboxylic acids is 1. The van der Waals surface area contributed by atoms with E-state index >= 15 is 0 Å². The largest absolute Gasteiger partial charge is 0.481 e. The fourth-order valence-electron chi connectivity index (χ4n) is 2.58. The molecule has 2 amide bonds. The predicted octanol–water partition coefficient (Wildman–Crippen LogP) is 2.65. The molecule has 0 bridgehead atoms. The molecule has 21 heavy (non-hydrogen) atoms. The van der Waals surface area contributed by atoms with Gasteiger partial charge in [0.2, 0.25) is 0 Å². The molecule has 1 heterocycles. The van der Waals surface area contributed by atoms with E-state index in [1.54, 1.807) is 4.90 Å². The van der Waals surface area contributed by atoms with Crippen LogP contribution in [0.4, 0.5) is 10.5 Å². The SMILES string of the molecule is CC(CCNC(=O)N1CCc2ccccc21)CCC(=O)O. The highest BCUT2D eigenvalue weighted by Crippen LogP contribution is 2.27. The van der Waals surface area contributed by atoms with Gasteiger partial charge in [0.25, 0.3) is 0 Å². The molecule has 0 radical (unpaired) electrons. The van der Waals surface area contributed by atoms with Crippen LogP contribution in [0.3, 0.4) is 0 Å². The summed E-state index contributed by atoms with van der Waals surface area (Å²) in [5, 5.41) is 11.6. The van der Waals surface area contributed by atoms with Gasteiger partial charge in [-0.2, -0.15) is 0 Å². The molecule has 2 rings (SSSR count). The Morgan fingerprint density at radius 2 is 2.10 bits per heavy atom. The highest BCUT2D eigenvalue weighted by Gasteiger charge is 2.23. The van der Waals surface area contributed by atoms with E-state index in [0.29, 0.717) is 18.9 Å². The van der Waals surface area contributed by atoms with Gasteiger partial charge in [0.15, 0.2) is 0 Å². The maximum absolute atomic E-state index is 12.2. The number of carbonyl (C=O) groups excluding carboxylic acids is 1. The Bertz CT molecular complexity index is 516. The molecule has 1 atom stereocenters. The van der Waals surface area contributed by atoms with Crippen LogP contribution in [-0.2, 0) is 11.2 Å². The van der Waals surface area contributed by atoms with E-state index in [9.17, 15) is 9.59 Å². The molecule has 0 saturated carbocycles. The lowest BCUT2D eigenvalue weighted by molar-refractivity contribution is -0.137. The van der Waals surface area contributed by atoms with Gasteiger partial charge in [0, 0.05) is 25.2 Å². The molecule has 0 spiro atoms. The minimum Gasteiger partial charge on any atom is -0.481 e. The second-order valence-electron chi connectivity index (χ2n) is 5.59. The second kappa shape index (κ2) is 7.11. The summed E-state index contributed by atoms with van der Waals surface area (Å²) < 4.78 is 0. The van der Waals surface area contributed by atoms with E-state index < -0.39 is 5.97 Å². The van der Waals surface area contributed by atoms with Crippen molar-refractivity contribution in [2.75, 3.05) is 18.0 Å². The Hall–Kier alpha value is -2.04. The summed E-state index contributed by atoms with van der Waals surface area (Å²) in [6.07, 6.45) is 2.54. The quantitative estimate of drug-likeness (QED) is 0.846. The topological polar surface area (TPSA) is 69.6 Å². The van der Waals surface area contributed by atoms with E-state index in [4.69, 9.17) is 5.11 Å². The zero-order chi connectivity index (χ0) is 15.2. The summed E-state index contributed by atoms with van der Waals surface area (Å²) in [7, 11) is 0. The average Bonchev–Trinajstić information content (AvgIpc) is 2.89. The molecule has 0 saturated heterocycles. The Kier molecular flexibility index (Phi) is 5.20. The van der Waals surface area contributed by atoms with E-state index in [1.165, 1.54) is 5.56 Å². The summed E-state index contributed by atoms with van der Waals surface area (Å²) in [5.41, 5.74) is 2.21. The van der Waals surface area contributed by atoms with Gasteiger partial charge in [-0.3, -0.25) is 9.69 Å². The number of hydrogen-bond donors (Lipinski definition) is 2. The standard InChI is InChI=1S/C16H22N2O3/c1-12(6-7-15(19)20)8-10-17-16(21)18-11-9-13-4-2-3-5-14(13)18/h2-5,12H,6-11H2,1H3,(H,17,21)(H,19,20). The zero-order valence-corrected chi connectivity index (χ0v) is 12.3. The van der Waals surface area contributed by atoms with Crippen molar-refractivity contribution >= 4 is 17.7 Å². The molecular formula is C16H22N2O3. The minimum absolute atomic E-state index is 0.0645. The Morgan fingerprint density at radius 1 is 1.33 bits per heavy atom. The number of rotatable bonds is 6. The van der Waals surface area contributed by atoms with Crippen LogP contribution in [0.5, 0.6) is 0 Å². The molecule has 1 aromatic carbocycles. The Labute approximate surface area is 125 Å². The maximum Gasteiger partial charge on any atom is 0.321 e. The number of hydrogen-bond acceptors (Lipinski definition) is 2. The first kappa shape index (κ1) is 15.4. The monoisotopic (exact) mass is 290 g/mol. The van der Waals surface area contributed by atoms with Crippen LogP contribution in [0.2, 0.25) is 0 Å². The summed E-state index contributed by atoms with van der Waals surface area (Å²) in [4.78, 5) is 24.5. The normalized spacial score (nSPS) is 14.6. The van der Waals surface area contributed by atoms with E-state index in [1.807, 2.05) is 25.1 Å². The number of nitrogens with zero attached hydrogens (tertiary/aromatic N) is 1. The van der Waals surface area contributed by atoms with E-state index in [-0.39, 0.29) is 12.5 Å². The van der Waals surface area contributed by atoms with Crippen molar-refractivity contribution in [3.8, 4) is 0 Å². The van der Waals surface area contributed by atoms with Crippen molar-refractivity contribution in [1.29, 1.82) is 0 Å². The molecular weight excluding hydrogens is 268 g/mol. The third-order valence-corrected chi connectivity index (χ3v) is 3.90. The average molecular weight is 290 g/mol. The predicted molar refractivity (Wildman–Crippen MR) is 81.5 cm³/mol. The lowest BCUT2D eigenvalue weighted by Crippen LogP contribution is -2.39. The van der Waals surface area contributed by atoms with Crippen LogP contribution < -0.4 is 10.2 Å². The van der Waals surface area contributed by atoms with Crippen molar-refractivity contribution < 1.29 is 14.7 Å². The van der Waals surface area contributed by atoms with Crippen molar-refractivity contribution in [3.05, 3.63) is 29.8 Å². The Balaban J connectivity index is 1.75. The first-order valence-corrected chi connectivity index (χ1v) is 7.43. The van der Waals surface area contributed by atoms with Crippen molar-refractivity contribution in [2.45, 2.75) is 32.6 Å². The van der Waals surface area contributed by atoms with Crippen LogP contribution in [0.15, 0.2) is 24.3 Å². The molecule has 0 aliphatic carbocycles. The molecule has 1 unspecified atom stereocenters. The number of carboxylic acid groups (broad SMARTS) is 1. The van der Waals surface area contributed by atoms with Crippen molar-refractivity contribution in [1.82, 2.24) is 5.32 Å². The van der Waals surface area contributed by atoms with Gasteiger partial charge in [-0.25, -0.2) is 4.79 Å². The number of anilines is 1. The highest BCUT2D eigenvalue weighted by atomic mass is 16.4. The third-order valence-electron chi connectivity index (χ3n) is 3.90. The van der Waals surface area contributed by atoms with Crippen LogP contribution in [0, 0.1) is 5.92 Å². The summed E-state index contributed by atoms with van der Waals surface area (Å²) >= 11 is 0. The smallest absolute Gasteiger partial charge is 0.321 e. The number of urea groups is 1. The molecule has 1 aliphatic heterocycles. The number of para-hydroxylation sites is 1. The second-order valence-corrected chi connectivity index (χ2v) is 5.59. The van der Waals surface area contributed by atoms with Crippen LogP contribution in [0.1, 0.15) is 31.7 Å². The van der Waals surface area contributed by atoms with Gasteiger partial charge < -0.3 is 10.4 Å². The van der Waals surface area contributed by atoms with Crippen LogP contribution in [-0.4, -0.2) is 30.2 Å². The summed E-state index contributed by atoms with van der Waals surface area (Å²) in [5.74, 6) is -0.466. The molecule has 0 fully saturated rings. The minimum atomic E-state index is -0.764. The highest BCUT2D eigenvalue weighted by molar-refractivity contribution is 5.94. The molecule has 5 nitrogen and oxygen atoms in total. The number of carbonyl (C=O) groups is 2. The zero-order valence-electron chi connectivity index (χ0n) is 12.3. The number of fused-ring (bicyclic) bond motifs is 1. The fraction of sp³-hybridized carbons (Fsp3) is 0.500. The van der Waals surface area contributed by atoms with Gasteiger partial charge in [0.1, 0.15) is 0 Å². The van der Waals surface area contributed by atoms with Gasteiger partial charge in [-0.1, -0.05) is 25.1 Å². The molecule has 1 aromatic rings. The van der Waals surface area contributed by atoms with Gasteiger partial charge in [0.05, 0.1) is 0 Å². The summed E-state index contributed by atoms with van der Waals surface area (Å²) in [6, 6.07) is 7.89. The lowest BCUT2D eigenvalue weighted by atomic mass is 10.0. The lowest BCUT2D eigenvalue weighted by Gasteiger charge is -2.19. The number of benzene rings is 1. The molecule has 0 aromatic heterocycles. The van der Waals surface area contributed by atoms with Crippen molar-refractivity contribution in [3.63, 3.8) is 0 Å². The maximum atomic E-state index is 12.2. The number of amides is 2. The molecule has 5 heteroatoms. The van der Waals surface area contributed by atoms with Crippen LogP contribution in [0.25, 0.3) is 0 Å². The Morgan fingerprint density at radius 3 is 2.86 bits per heavy atom. The van der Waals surface area contributed by atoms with E-state index in [0.717, 1.165) is 25.1 Å². The first-order valence-electron chi connectivity index (χ1n) is 7.43. The fourth-order valence-corrected chi connectivity index (χ4v) is 2.58. The van der Waals surface area contributed by atoms with E-state index in [2.05, 4.69) is 11.4 Å². The van der Waals surface area contributed by atoms with Gasteiger partial charge in [-0.05, 0) is 36.8 Å². The molecule has 114 valence electrons. The summed E-state index contributed by atoms with van der Waals surface area (Å²) in [6.45, 7) is 3.32. The first-order chi connectivity index (χ1) is 10.1. The number of carboxylic acids is 1. The molecule has 1 aliphatic rings. The van der Waals surface area contributed by atoms with Crippen LogP contribution >= 0.6 is 0 Å². The van der Waals surface area contributed by atoms with Gasteiger partial charge in [-0.15, -0.1) is 0 Å². The third kappa shape index (κ3) is 4.21.